The van der Waals surface area contributed by atoms with Crippen LogP contribution in [0.4, 0.5) is 0 Å². The van der Waals surface area contributed by atoms with E-state index in [1.54, 1.807) is 31.3 Å². The van der Waals surface area contributed by atoms with Crippen molar-refractivity contribution >= 4 is 11.9 Å². The highest BCUT2D eigenvalue weighted by Gasteiger charge is 2.13. The van der Waals surface area contributed by atoms with E-state index in [1.807, 2.05) is 37.3 Å². The molecule has 2 aromatic rings. The second-order valence-corrected chi connectivity index (χ2v) is 5.91. The lowest BCUT2D eigenvalue weighted by Gasteiger charge is -2.17. The Kier molecular flexibility index (Phi) is 7.85. The maximum absolute atomic E-state index is 12.1. The number of hydrogen-bond donors (Lipinski definition) is 0. The number of esters is 1. The molecule has 0 radical (unpaired) electrons. The van der Waals surface area contributed by atoms with Gasteiger partial charge in [0.05, 0.1) is 18.2 Å². The standard InChI is InChI=1S/C21H22N2O5/c1-3-26-18-10-6-17(7-11-18)13-23(2)20(24)14-28-21(25)15-27-19-8-4-16(12-22)5-9-19/h4-11H,3,13-15H2,1-2H3. The lowest BCUT2D eigenvalue weighted by atomic mass is 10.2. The fraction of sp³-hybridized carbons (Fsp3) is 0.286. The first kappa shape index (κ1) is 20.8. The largest absolute Gasteiger partial charge is 0.494 e. The Labute approximate surface area is 164 Å². The zero-order chi connectivity index (χ0) is 20.4. The smallest absolute Gasteiger partial charge is 0.344 e. The van der Waals surface area contributed by atoms with Gasteiger partial charge in [0.25, 0.3) is 5.91 Å². The van der Waals surface area contributed by atoms with Gasteiger partial charge in [0, 0.05) is 13.6 Å². The maximum atomic E-state index is 12.1. The Hall–Kier alpha value is -3.53. The molecule has 2 rings (SSSR count). The highest BCUT2D eigenvalue weighted by atomic mass is 16.6. The van der Waals surface area contributed by atoms with E-state index < -0.39 is 5.97 Å². The van der Waals surface area contributed by atoms with E-state index in [9.17, 15) is 9.59 Å². The molecule has 1 amide bonds. The fourth-order valence-corrected chi connectivity index (χ4v) is 2.28. The Morgan fingerprint density at radius 2 is 1.57 bits per heavy atom. The minimum Gasteiger partial charge on any atom is -0.494 e. The van der Waals surface area contributed by atoms with Gasteiger partial charge in [-0.25, -0.2) is 4.79 Å². The van der Waals surface area contributed by atoms with Gasteiger partial charge in [-0.05, 0) is 48.9 Å². The van der Waals surface area contributed by atoms with Gasteiger partial charge >= 0.3 is 5.97 Å². The number of carbonyl (C=O) groups is 2. The number of likely N-dealkylation sites (N-methyl/N-ethyl adjacent to an activating group) is 1. The number of hydrogen-bond acceptors (Lipinski definition) is 6. The molecule has 0 spiro atoms. The molecule has 0 aliphatic carbocycles. The van der Waals surface area contributed by atoms with Gasteiger partial charge < -0.3 is 19.1 Å². The third-order valence-corrected chi connectivity index (χ3v) is 3.78. The van der Waals surface area contributed by atoms with Crippen molar-refractivity contribution in [2.45, 2.75) is 13.5 Å². The van der Waals surface area contributed by atoms with Gasteiger partial charge in [0.2, 0.25) is 0 Å². The number of nitriles is 1. The summed E-state index contributed by atoms with van der Waals surface area (Å²) in [6.45, 7) is 2.23. The molecule has 7 heteroatoms. The number of amides is 1. The van der Waals surface area contributed by atoms with Crippen LogP contribution in [-0.2, 0) is 20.9 Å². The lowest BCUT2D eigenvalue weighted by Crippen LogP contribution is -2.31. The summed E-state index contributed by atoms with van der Waals surface area (Å²) in [5, 5.41) is 8.73. The van der Waals surface area contributed by atoms with Crippen molar-refractivity contribution in [3.05, 3.63) is 59.7 Å². The second-order valence-electron chi connectivity index (χ2n) is 5.91. The van der Waals surface area contributed by atoms with Gasteiger partial charge in [-0.3, -0.25) is 4.79 Å². The van der Waals surface area contributed by atoms with Crippen LogP contribution in [0.25, 0.3) is 0 Å². The van der Waals surface area contributed by atoms with Crippen molar-refractivity contribution in [1.82, 2.24) is 4.90 Å². The van der Waals surface area contributed by atoms with Crippen molar-refractivity contribution < 1.29 is 23.8 Å². The summed E-state index contributed by atoms with van der Waals surface area (Å²) in [5.41, 5.74) is 1.44. The molecule has 0 unspecified atom stereocenters. The van der Waals surface area contributed by atoms with Crippen LogP contribution in [0.2, 0.25) is 0 Å². The zero-order valence-electron chi connectivity index (χ0n) is 15.9. The number of nitrogens with zero attached hydrogens (tertiary/aromatic N) is 2. The molecule has 0 aromatic heterocycles. The fourth-order valence-electron chi connectivity index (χ4n) is 2.28. The minimum atomic E-state index is -0.646. The number of carbonyl (C=O) groups excluding carboxylic acids is 2. The van der Waals surface area contributed by atoms with E-state index in [0.717, 1.165) is 11.3 Å². The van der Waals surface area contributed by atoms with Crippen LogP contribution in [0.3, 0.4) is 0 Å². The Morgan fingerprint density at radius 1 is 0.964 bits per heavy atom. The van der Waals surface area contributed by atoms with Crippen molar-refractivity contribution in [2.24, 2.45) is 0 Å². The number of benzene rings is 2. The SMILES string of the molecule is CCOc1ccc(CN(C)C(=O)COC(=O)COc2ccc(C#N)cc2)cc1. The van der Waals surface area contributed by atoms with Gasteiger partial charge in [-0.1, -0.05) is 12.1 Å². The maximum Gasteiger partial charge on any atom is 0.344 e. The molecule has 146 valence electrons. The van der Waals surface area contributed by atoms with Crippen LogP contribution in [0, 0.1) is 11.3 Å². The summed E-state index contributed by atoms with van der Waals surface area (Å²) in [7, 11) is 1.64. The van der Waals surface area contributed by atoms with Crippen molar-refractivity contribution in [2.75, 3.05) is 26.9 Å². The second kappa shape index (κ2) is 10.6. The monoisotopic (exact) mass is 382 g/mol. The van der Waals surface area contributed by atoms with E-state index in [1.165, 1.54) is 4.90 Å². The van der Waals surface area contributed by atoms with Crippen molar-refractivity contribution in [3.8, 4) is 17.6 Å². The van der Waals surface area contributed by atoms with Crippen LogP contribution in [-0.4, -0.2) is 43.6 Å². The van der Waals surface area contributed by atoms with Crippen LogP contribution in [0.5, 0.6) is 11.5 Å². The molecule has 7 nitrogen and oxygen atoms in total. The number of ether oxygens (including phenoxy) is 3. The zero-order valence-corrected chi connectivity index (χ0v) is 15.9. The van der Waals surface area contributed by atoms with E-state index in [0.29, 0.717) is 24.5 Å². The lowest BCUT2D eigenvalue weighted by molar-refractivity contribution is -0.153. The predicted octanol–water partition coefficient (Wildman–Crippen LogP) is 2.54. The van der Waals surface area contributed by atoms with Gasteiger partial charge in [0.1, 0.15) is 11.5 Å². The van der Waals surface area contributed by atoms with E-state index in [4.69, 9.17) is 19.5 Å². The molecule has 0 saturated heterocycles. The summed E-state index contributed by atoms with van der Waals surface area (Å²) in [5.74, 6) is 0.249. The third-order valence-electron chi connectivity index (χ3n) is 3.78. The highest BCUT2D eigenvalue weighted by Crippen LogP contribution is 2.13. The van der Waals surface area contributed by atoms with Crippen LogP contribution >= 0.6 is 0 Å². The van der Waals surface area contributed by atoms with Crippen LogP contribution < -0.4 is 9.47 Å². The summed E-state index contributed by atoms with van der Waals surface area (Å²) in [6, 6.07) is 15.8. The highest BCUT2D eigenvalue weighted by molar-refractivity contribution is 5.80. The molecule has 0 atom stereocenters. The summed E-state index contributed by atoms with van der Waals surface area (Å²) < 4.78 is 15.6. The number of rotatable bonds is 9. The molecule has 0 fully saturated rings. The molecular formula is C21H22N2O5. The first-order valence-corrected chi connectivity index (χ1v) is 8.76. The van der Waals surface area contributed by atoms with E-state index in [2.05, 4.69) is 0 Å². The molecule has 0 bridgehead atoms. The molecule has 0 aliphatic heterocycles. The molecule has 0 N–H and O–H groups in total. The van der Waals surface area contributed by atoms with E-state index in [-0.39, 0.29) is 19.1 Å². The molecule has 2 aromatic carbocycles. The molecule has 0 aliphatic rings. The normalized spacial score (nSPS) is 9.89. The molecular weight excluding hydrogens is 360 g/mol. The predicted molar refractivity (Wildman–Crippen MR) is 102 cm³/mol. The van der Waals surface area contributed by atoms with Gasteiger partial charge in [0.15, 0.2) is 13.2 Å². The average molecular weight is 382 g/mol. The average Bonchev–Trinajstić information content (AvgIpc) is 2.72. The summed E-state index contributed by atoms with van der Waals surface area (Å²) in [4.78, 5) is 25.3. The quantitative estimate of drug-likeness (QED) is 0.619. The van der Waals surface area contributed by atoms with Gasteiger partial charge in [-0.2, -0.15) is 5.26 Å². The molecule has 0 heterocycles. The molecule has 28 heavy (non-hydrogen) atoms. The minimum absolute atomic E-state index is 0.318. The van der Waals surface area contributed by atoms with Crippen molar-refractivity contribution in [1.29, 1.82) is 5.26 Å². The Morgan fingerprint density at radius 3 is 2.18 bits per heavy atom. The van der Waals surface area contributed by atoms with Crippen LogP contribution in [0.15, 0.2) is 48.5 Å². The molecule has 0 saturated carbocycles. The van der Waals surface area contributed by atoms with Crippen LogP contribution in [0.1, 0.15) is 18.1 Å². The van der Waals surface area contributed by atoms with Crippen molar-refractivity contribution in [3.63, 3.8) is 0 Å². The van der Waals surface area contributed by atoms with E-state index >= 15 is 0 Å². The topological polar surface area (TPSA) is 88.9 Å². The first-order chi connectivity index (χ1) is 13.5. The summed E-state index contributed by atoms with van der Waals surface area (Å²) in [6.07, 6.45) is 0. The van der Waals surface area contributed by atoms with Gasteiger partial charge in [-0.15, -0.1) is 0 Å². The summed E-state index contributed by atoms with van der Waals surface area (Å²) >= 11 is 0. The first-order valence-electron chi connectivity index (χ1n) is 8.76. The third kappa shape index (κ3) is 6.65. The Balaban J connectivity index is 1.72. The Bertz CT molecular complexity index is 825.